The van der Waals surface area contributed by atoms with E-state index in [9.17, 15) is 22.8 Å². The maximum atomic E-state index is 13.8. The van der Waals surface area contributed by atoms with Crippen molar-refractivity contribution in [3.63, 3.8) is 0 Å². The van der Waals surface area contributed by atoms with E-state index in [0.29, 0.717) is 17.3 Å². The van der Waals surface area contributed by atoms with Crippen LogP contribution in [0.3, 0.4) is 0 Å². The molecule has 2 heterocycles. The third-order valence-corrected chi connectivity index (χ3v) is 11.7. The highest BCUT2D eigenvalue weighted by Crippen LogP contribution is 2.42. The van der Waals surface area contributed by atoms with Gasteiger partial charge in [0.25, 0.3) is 5.91 Å². The number of rotatable bonds is 7. The molecular formula is C25H32BrClF3N3O3Si. The van der Waals surface area contributed by atoms with E-state index in [1.807, 2.05) is 26.9 Å². The normalized spacial score (nSPS) is 17.2. The molecule has 1 aliphatic rings. The quantitative estimate of drug-likeness (QED) is 0.352. The van der Waals surface area contributed by atoms with Crippen LogP contribution in [-0.4, -0.2) is 61.7 Å². The summed E-state index contributed by atoms with van der Waals surface area (Å²) >= 11 is 9.22. The number of methoxy groups -OCH3 is 1. The van der Waals surface area contributed by atoms with Gasteiger partial charge in [-0.3, -0.25) is 4.79 Å². The summed E-state index contributed by atoms with van der Waals surface area (Å²) in [4.78, 5) is 32.0. The number of nitrogens with zero attached hydrogens (tertiary/aromatic N) is 3. The number of pyridine rings is 1. The van der Waals surface area contributed by atoms with Gasteiger partial charge in [-0.15, -0.1) is 0 Å². The van der Waals surface area contributed by atoms with Gasteiger partial charge in [-0.25, -0.2) is 4.98 Å². The summed E-state index contributed by atoms with van der Waals surface area (Å²) in [6, 6.07) is 6.63. The summed E-state index contributed by atoms with van der Waals surface area (Å²) in [6.07, 6.45) is -3.46. The van der Waals surface area contributed by atoms with Crippen LogP contribution in [0.2, 0.25) is 23.2 Å². The van der Waals surface area contributed by atoms with Crippen molar-refractivity contribution in [3.05, 3.63) is 51.1 Å². The lowest BCUT2D eigenvalue weighted by molar-refractivity contribution is -0.137. The number of piperazine rings is 1. The fraction of sp³-hybridized carbons (Fsp3) is 0.520. The van der Waals surface area contributed by atoms with Crippen LogP contribution in [0, 0.1) is 0 Å². The van der Waals surface area contributed by atoms with Gasteiger partial charge in [0.15, 0.2) is 8.32 Å². The lowest BCUT2D eigenvalue weighted by atomic mass is 9.98. The van der Waals surface area contributed by atoms with Crippen molar-refractivity contribution in [3.8, 4) is 5.88 Å². The van der Waals surface area contributed by atoms with Gasteiger partial charge in [-0.2, -0.15) is 13.2 Å². The molecule has 0 radical (unpaired) electrons. The summed E-state index contributed by atoms with van der Waals surface area (Å²) in [7, 11) is -1.08. The van der Waals surface area contributed by atoms with Crippen LogP contribution in [0.4, 0.5) is 18.9 Å². The highest BCUT2D eigenvalue weighted by molar-refractivity contribution is 9.10. The second-order valence-corrected chi connectivity index (χ2v) is 16.2. The topological polar surface area (TPSA) is 65.9 Å². The molecule has 1 aliphatic heterocycles. The van der Waals surface area contributed by atoms with E-state index in [0.717, 1.165) is 6.07 Å². The van der Waals surface area contributed by atoms with Gasteiger partial charge in [0.2, 0.25) is 5.88 Å². The first-order valence-corrected chi connectivity index (χ1v) is 16.0. The van der Waals surface area contributed by atoms with E-state index in [1.165, 1.54) is 19.2 Å². The fourth-order valence-electron chi connectivity index (χ4n) is 4.27. The van der Waals surface area contributed by atoms with Crippen molar-refractivity contribution >= 4 is 47.4 Å². The average Bonchev–Trinajstić information content (AvgIpc) is 2.81. The van der Waals surface area contributed by atoms with Gasteiger partial charge in [-0.05, 0) is 77.2 Å². The van der Waals surface area contributed by atoms with E-state index in [1.54, 1.807) is 21.9 Å². The van der Waals surface area contributed by atoms with E-state index in [4.69, 9.17) is 16.3 Å². The minimum atomic E-state index is -4.57. The third kappa shape index (κ3) is 6.79. The summed E-state index contributed by atoms with van der Waals surface area (Å²) in [6.45, 7) is 8.35. The molecule has 6 nitrogen and oxygen atoms in total. The molecule has 1 unspecified atom stereocenters. The Hall–Kier alpha value is -1.82. The van der Waals surface area contributed by atoms with Crippen LogP contribution in [0.25, 0.3) is 0 Å². The third-order valence-electron chi connectivity index (χ3n) is 7.33. The second-order valence-electron chi connectivity index (χ2n) is 10.4. The number of alkyl halides is 3. The largest absolute Gasteiger partial charge is 0.480 e. The molecule has 37 heavy (non-hydrogen) atoms. The Morgan fingerprint density at radius 2 is 1.92 bits per heavy atom. The number of carbonyl (C=O) groups is 1. The first kappa shape index (κ1) is 29.7. The number of carbonyl (C=O) groups excluding carboxylic acids is 1. The Balaban J connectivity index is 1.95. The SMILES string of the molecule is COc1nc(C(=O)N2CCN(c3ccc(Cl)cc3C(F)(F)F)CC2CCC(C)(C)[Si](C)(C)O)ccc1Br. The number of anilines is 1. The van der Waals surface area contributed by atoms with Gasteiger partial charge in [0.1, 0.15) is 5.69 Å². The molecule has 2 aromatic rings. The summed E-state index contributed by atoms with van der Waals surface area (Å²) in [5, 5.41) is -0.353. The number of aromatic nitrogens is 1. The highest BCUT2D eigenvalue weighted by Gasteiger charge is 2.41. The predicted molar refractivity (Wildman–Crippen MR) is 145 cm³/mol. The summed E-state index contributed by atoms with van der Waals surface area (Å²) in [5.74, 6) is -0.0490. The van der Waals surface area contributed by atoms with Crippen molar-refractivity contribution in [2.75, 3.05) is 31.6 Å². The van der Waals surface area contributed by atoms with Crippen molar-refractivity contribution in [2.24, 2.45) is 0 Å². The first-order chi connectivity index (χ1) is 17.0. The van der Waals surface area contributed by atoms with Crippen LogP contribution < -0.4 is 9.64 Å². The van der Waals surface area contributed by atoms with Crippen molar-refractivity contribution in [1.82, 2.24) is 9.88 Å². The van der Waals surface area contributed by atoms with Crippen molar-refractivity contribution < 1.29 is 27.5 Å². The van der Waals surface area contributed by atoms with Gasteiger partial charge in [0, 0.05) is 36.4 Å². The van der Waals surface area contributed by atoms with Crippen LogP contribution in [0.5, 0.6) is 5.88 Å². The number of ether oxygens (including phenoxy) is 1. The zero-order chi connectivity index (χ0) is 27.8. The Bertz CT molecular complexity index is 1140. The molecule has 1 atom stereocenters. The van der Waals surface area contributed by atoms with Crippen LogP contribution in [-0.2, 0) is 6.18 Å². The molecule has 1 aromatic heterocycles. The summed E-state index contributed by atoms with van der Waals surface area (Å²) in [5.41, 5.74) is -0.576. The average molecular weight is 623 g/mol. The fourth-order valence-corrected chi connectivity index (χ4v) is 5.58. The predicted octanol–water partition coefficient (Wildman–Crippen LogP) is 6.61. The molecule has 204 valence electrons. The Labute approximate surface area is 230 Å². The van der Waals surface area contributed by atoms with E-state index in [2.05, 4.69) is 20.9 Å². The minimum absolute atomic E-state index is 0.00795. The lowest BCUT2D eigenvalue weighted by Gasteiger charge is -2.44. The molecule has 12 heteroatoms. The Kier molecular flexibility index (Phi) is 8.93. The zero-order valence-corrected chi connectivity index (χ0v) is 24.8. The minimum Gasteiger partial charge on any atom is -0.480 e. The zero-order valence-electron chi connectivity index (χ0n) is 21.5. The maximum Gasteiger partial charge on any atom is 0.418 e. The Morgan fingerprint density at radius 3 is 2.51 bits per heavy atom. The molecule has 0 spiro atoms. The standard InChI is InChI=1S/C25H32BrClF3N3O3Si/c1-24(2,37(4,5)35)11-10-17-15-32(21-9-6-16(27)14-18(21)25(28,29)30)12-13-33(17)23(34)20-8-7-19(26)22(31-20)36-3/h6-9,14,17,35H,10-13,15H2,1-5H3. The number of halogens is 5. The molecule has 1 N–H and O–H groups in total. The van der Waals surface area contributed by atoms with E-state index >= 15 is 0 Å². The smallest absolute Gasteiger partial charge is 0.418 e. The Morgan fingerprint density at radius 1 is 1.24 bits per heavy atom. The van der Waals surface area contributed by atoms with Crippen LogP contribution >= 0.6 is 27.5 Å². The second kappa shape index (κ2) is 11.1. The number of amides is 1. The number of hydrogen-bond acceptors (Lipinski definition) is 5. The molecule has 1 fully saturated rings. The number of hydrogen-bond donors (Lipinski definition) is 1. The van der Waals surface area contributed by atoms with Gasteiger partial charge >= 0.3 is 6.18 Å². The highest BCUT2D eigenvalue weighted by atomic mass is 79.9. The van der Waals surface area contributed by atoms with Crippen LogP contribution in [0.1, 0.15) is 42.7 Å². The first-order valence-electron chi connectivity index (χ1n) is 11.9. The molecule has 1 amide bonds. The maximum absolute atomic E-state index is 13.8. The van der Waals surface area contributed by atoms with Gasteiger partial charge in [0.05, 0.1) is 17.1 Å². The van der Waals surface area contributed by atoms with Gasteiger partial charge < -0.3 is 19.3 Å². The summed E-state index contributed by atoms with van der Waals surface area (Å²) < 4.78 is 47.4. The molecule has 3 rings (SSSR count). The number of benzene rings is 1. The monoisotopic (exact) mass is 621 g/mol. The molecule has 0 saturated carbocycles. The molecule has 0 aliphatic carbocycles. The molecule has 1 aromatic carbocycles. The van der Waals surface area contributed by atoms with Gasteiger partial charge in [-0.1, -0.05) is 25.4 Å². The molecular weight excluding hydrogens is 591 g/mol. The van der Waals surface area contributed by atoms with Crippen LogP contribution in [0.15, 0.2) is 34.8 Å². The van der Waals surface area contributed by atoms with E-state index in [-0.39, 0.29) is 52.9 Å². The van der Waals surface area contributed by atoms with Crippen molar-refractivity contribution in [1.29, 1.82) is 0 Å². The lowest BCUT2D eigenvalue weighted by Crippen LogP contribution is -2.56. The molecule has 1 saturated heterocycles. The van der Waals surface area contributed by atoms with E-state index < -0.39 is 26.1 Å². The van der Waals surface area contributed by atoms with Crippen molar-refractivity contribution in [2.45, 2.75) is 57.0 Å². The molecule has 0 bridgehead atoms.